The first-order valence-electron chi connectivity index (χ1n) is 9.03. The molecule has 1 fully saturated rings. The molecule has 0 radical (unpaired) electrons. The van der Waals surface area contributed by atoms with Crippen LogP contribution < -0.4 is 0 Å². The SMILES string of the molecule is C/C=C(\C)C(=O)O[C@@H]1C[C@@]2(C)OC(=CC2=O)/C(C)=C\[C@@H]2OC(=O)[C@@](O)(CCl)[C@@H]21. The van der Waals surface area contributed by atoms with E-state index in [1.165, 1.54) is 6.08 Å². The molecular weight excluding hydrogens is 388 g/mol. The number of carbonyl (C=O) groups excluding carboxylic acids is 3. The van der Waals surface area contributed by atoms with E-state index in [0.717, 1.165) is 0 Å². The van der Waals surface area contributed by atoms with Gasteiger partial charge in [0.15, 0.2) is 11.2 Å². The number of fused-ring (bicyclic) bond motifs is 3. The Balaban J connectivity index is 2.12. The maximum atomic E-state index is 12.6. The number of halogens is 1. The van der Waals surface area contributed by atoms with E-state index in [4.69, 9.17) is 25.8 Å². The molecule has 3 aliphatic heterocycles. The van der Waals surface area contributed by atoms with Crippen molar-refractivity contribution in [1.82, 2.24) is 0 Å². The van der Waals surface area contributed by atoms with Gasteiger partial charge < -0.3 is 19.3 Å². The van der Waals surface area contributed by atoms with E-state index in [2.05, 4.69) is 0 Å². The molecule has 8 heteroatoms. The second kappa shape index (κ2) is 7.04. The van der Waals surface area contributed by atoms with Crippen LogP contribution in [0.4, 0.5) is 0 Å². The molecule has 1 saturated heterocycles. The minimum absolute atomic E-state index is 0.0628. The summed E-state index contributed by atoms with van der Waals surface area (Å²) in [5.41, 5.74) is -2.43. The number of esters is 2. The van der Waals surface area contributed by atoms with Crippen LogP contribution in [0.5, 0.6) is 0 Å². The zero-order valence-electron chi connectivity index (χ0n) is 16.2. The van der Waals surface area contributed by atoms with E-state index in [1.54, 1.807) is 39.8 Å². The largest absolute Gasteiger partial charge is 0.479 e. The quantitative estimate of drug-likeness (QED) is 0.431. The summed E-state index contributed by atoms with van der Waals surface area (Å²) >= 11 is 5.94. The highest BCUT2D eigenvalue weighted by Gasteiger charge is 2.61. The summed E-state index contributed by atoms with van der Waals surface area (Å²) in [6.07, 6.45) is 2.56. The molecule has 152 valence electrons. The summed E-state index contributed by atoms with van der Waals surface area (Å²) < 4.78 is 16.9. The molecule has 3 heterocycles. The summed E-state index contributed by atoms with van der Waals surface area (Å²) in [4.78, 5) is 37.5. The van der Waals surface area contributed by atoms with Crippen molar-refractivity contribution in [1.29, 1.82) is 0 Å². The van der Waals surface area contributed by atoms with Gasteiger partial charge in [0.05, 0.1) is 11.8 Å². The molecule has 0 aliphatic carbocycles. The van der Waals surface area contributed by atoms with Crippen LogP contribution in [0.2, 0.25) is 0 Å². The minimum Gasteiger partial charge on any atom is -0.479 e. The Morgan fingerprint density at radius 1 is 1.46 bits per heavy atom. The van der Waals surface area contributed by atoms with Crippen molar-refractivity contribution in [3.05, 3.63) is 35.1 Å². The van der Waals surface area contributed by atoms with Gasteiger partial charge in [-0.3, -0.25) is 4.79 Å². The summed E-state index contributed by atoms with van der Waals surface area (Å²) in [5, 5.41) is 11.0. The molecular formula is C20H23ClO7. The molecule has 2 bridgehead atoms. The van der Waals surface area contributed by atoms with Gasteiger partial charge >= 0.3 is 11.9 Å². The molecule has 7 nitrogen and oxygen atoms in total. The fourth-order valence-corrected chi connectivity index (χ4v) is 4.03. The number of hydrogen-bond donors (Lipinski definition) is 1. The van der Waals surface area contributed by atoms with Crippen molar-refractivity contribution in [3.63, 3.8) is 0 Å². The highest BCUT2D eigenvalue weighted by atomic mass is 35.5. The number of carbonyl (C=O) groups is 3. The van der Waals surface area contributed by atoms with Crippen molar-refractivity contribution in [2.24, 2.45) is 5.92 Å². The highest BCUT2D eigenvalue weighted by molar-refractivity contribution is 6.20. The number of hydrogen-bond acceptors (Lipinski definition) is 7. The average molecular weight is 411 g/mol. The molecule has 0 unspecified atom stereocenters. The van der Waals surface area contributed by atoms with Gasteiger partial charge in [0.2, 0.25) is 5.78 Å². The molecule has 0 amide bonds. The van der Waals surface area contributed by atoms with Crippen LogP contribution in [0.1, 0.15) is 34.1 Å². The van der Waals surface area contributed by atoms with Crippen molar-refractivity contribution >= 4 is 29.3 Å². The molecule has 3 aliphatic rings. The third-order valence-electron chi connectivity index (χ3n) is 5.63. The molecule has 5 atom stereocenters. The van der Waals surface area contributed by atoms with Gasteiger partial charge in [-0.25, -0.2) is 9.59 Å². The van der Waals surface area contributed by atoms with Crippen LogP contribution >= 0.6 is 11.6 Å². The molecule has 0 aromatic heterocycles. The summed E-state index contributed by atoms with van der Waals surface area (Å²) in [6.45, 7) is 6.58. The van der Waals surface area contributed by atoms with E-state index < -0.39 is 47.1 Å². The summed E-state index contributed by atoms with van der Waals surface area (Å²) in [5.74, 6) is -2.86. The lowest BCUT2D eigenvalue weighted by Gasteiger charge is -2.35. The van der Waals surface area contributed by atoms with Gasteiger partial charge in [0.25, 0.3) is 0 Å². The van der Waals surface area contributed by atoms with Crippen LogP contribution in [0.3, 0.4) is 0 Å². The van der Waals surface area contributed by atoms with E-state index in [9.17, 15) is 19.5 Å². The third-order valence-corrected chi connectivity index (χ3v) is 6.04. The van der Waals surface area contributed by atoms with Crippen molar-refractivity contribution in [2.75, 3.05) is 5.88 Å². The zero-order valence-corrected chi connectivity index (χ0v) is 16.9. The third kappa shape index (κ3) is 3.16. The van der Waals surface area contributed by atoms with E-state index in [1.807, 2.05) is 0 Å². The zero-order chi connectivity index (χ0) is 20.9. The number of alkyl halides is 1. The first kappa shape index (κ1) is 20.6. The van der Waals surface area contributed by atoms with Crippen molar-refractivity contribution in [2.45, 2.75) is 57.5 Å². The average Bonchev–Trinajstić information content (AvgIpc) is 3.08. The molecule has 28 heavy (non-hydrogen) atoms. The van der Waals surface area contributed by atoms with Crippen molar-refractivity contribution in [3.8, 4) is 0 Å². The van der Waals surface area contributed by atoms with Gasteiger partial charge in [-0.2, -0.15) is 0 Å². The van der Waals surface area contributed by atoms with E-state index in [0.29, 0.717) is 16.9 Å². The monoisotopic (exact) mass is 410 g/mol. The predicted octanol–water partition coefficient (Wildman–Crippen LogP) is 1.97. The standard InChI is InChI=1S/C20H23ClO7/c1-5-10(2)17(23)26-14-8-19(4)15(22)7-12(28-19)11(3)6-13-16(14)20(25,9-21)18(24)27-13/h5-7,13-14,16,25H,8-9H2,1-4H3/b10-5+,11-6-/t13-,14+,16-,19+,20+/m0/s1. The molecule has 0 spiro atoms. The number of rotatable bonds is 3. The van der Waals surface area contributed by atoms with Crippen LogP contribution in [0.25, 0.3) is 0 Å². The first-order valence-corrected chi connectivity index (χ1v) is 9.56. The van der Waals surface area contributed by atoms with E-state index in [-0.39, 0.29) is 12.2 Å². The lowest BCUT2D eigenvalue weighted by Crippen LogP contribution is -2.52. The van der Waals surface area contributed by atoms with Crippen LogP contribution in [-0.2, 0) is 28.6 Å². The maximum absolute atomic E-state index is 12.6. The first-order chi connectivity index (χ1) is 13.1. The number of aliphatic hydroxyl groups is 1. The van der Waals surface area contributed by atoms with Gasteiger partial charge in [-0.15, -0.1) is 11.6 Å². The molecule has 0 aromatic rings. The molecule has 0 saturated carbocycles. The number of ether oxygens (including phenoxy) is 3. The van der Waals surface area contributed by atoms with Gasteiger partial charge in [-0.1, -0.05) is 6.08 Å². The molecule has 0 aromatic carbocycles. The van der Waals surface area contributed by atoms with Crippen LogP contribution in [0, 0.1) is 5.92 Å². The van der Waals surface area contributed by atoms with Gasteiger partial charge in [-0.05, 0) is 39.3 Å². The Morgan fingerprint density at radius 3 is 2.75 bits per heavy atom. The minimum atomic E-state index is -2.06. The highest BCUT2D eigenvalue weighted by Crippen LogP contribution is 2.45. The Hall–Kier alpha value is -2.12. The fraction of sp³-hybridized carbons (Fsp3) is 0.550. The lowest BCUT2D eigenvalue weighted by molar-refractivity contribution is -0.163. The second-order valence-corrected chi connectivity index (χ2v) is 7.90. The maximum Gasteiger partial charge on any atom is 0.340 e. The predicted molar refractivity (Wildman–Crippen MR) is 99.3 cm³/mol. The van der Waals surface area contributed by atoms with Crippen molar-refractivity contribution < 1.29 is 33.7 Å². The number of allylic oxidation sites excluding steroid dienone is 2. The molecule has 1 N–H and O–H groups in total. The van der Waals surface area contributed by atoms with Crippen LogP contribution in [0.15, 0.2) is 35.1 Å². The Labute approximate surface area is 168 Å². The van der Waals surface area contributed by atoms with Gasteiger partial charge in [0.1, 0.15) is 18.0 Å². The normalized spacial score (nSPS) is 39.5. The summed E-state index contributed by atoms with van der Waals surface area (Å²) in [7, 11) is 0. The number of ketones is 1. The lowest BCUT2D eigenvalue weighted by atomic mass is 9.77. The molecule has 3 rings (SSSR count). The Kier molecular flexibility index (Phi) is 5.18. The summed E-state index contributed by atoms with van der Waals surface area (Å²) in [6, 6.07) is 0. The van der Waals surface area contributed by atoms with Gasteiger partial charge in [0, 0.05) is 18.1 Å². The Morgan fingerprint density at radius 2 is 2.14 bits per heavy atom. The topological polar surface area (TPSA) is 99.1 Å². The van der Waals surface area contributed by atoms with E-state index >= 15 is 0 Å². The Bertz CT molecular complexity index is 826. The smallest absolute Gasteiger partial charge is 0.340 e. The van der Waals surface area contributed by atoms with Crippen LogP contribution in [-0.4, -0.2) is 52.1 Å². The fourth-order valence-electron chi connectivity index (χ4n) is 3.74. The second-order valence-electron chi connectivity index (χ2n) is 7.63.